The van der Waals surface area contributed by atoms with Crippen molar-refractivity contribution in [2.75, 3.05) is 20.3 Å². The van der Waals surface area contributed by atoms with Crippen LogP contribution < -0.4 is 5.32 Å². The fourth-order valence-corrected chi connectivity index (χ4v) is 2.32. The van der Waals surface area contributed by atoms with E-state index in [-0.39, 0.29) is 5.91 Å². The molecule has 0 aromatic rings. The Hall–Kier alpha value is -0.0700. The van der Waals surface area contributed by atoms with Crippen LogP contribution in [0.25, 0.3) is 0 Å². The molecule has 6 nitrogen and oxygen atoms in total. The Morgan fingerprint density at radius 1 is 1.26 bits per heavy atom. The summed E-state index contributed by atoms with van der Waals surface area (Å²) in [6.07, 6.45) is 5.06. The van der Waals surface area contributed by atoms with Gasteiger partial charge in [-0.25, -0.2) is 8.54 Å². The molecule has 0 radical (unpaired) electrons. The van der Waals surface area contributed by atoms with Crippen LogP contribution in [-0.2, 0) is 22.4 Å². The van der Waals surface area contributed by atoms with Crippen molar-refractivity contribution in [2.45, 2.75) is 45.4 Å². The third-order valence-corrected chi connectivity index (χ3v) is 4.19. The molecule has 114 valence electrons. The van der Waals surface area contributed by atoms with E-state index in [1.165, 1.54) is 7.11 Å². The van der Waals surface area contributed by atoms with Crippen LogP contribution in [0.15, 0.2) is 0 Å². The fraction of sp³-hybridized carbons (Fsp3) is 0.909. The number of carbonyl (C=O) groups is 1. The van der Waals surface area contributed by atoms with E-state index in [1.54, 1.807) is 0 Å². The van der Waals surface area contributed by atoms with Crippen molar-refractivity contribution in [3.63, 3.8) is 0 Å². The summed E-state index contributed by atoms with van der Waals surface area (Å²) >= 11 is 3.44. The first-order chi connectivity index (χ1) is 9.08. The Morgan fingerprint density at radius 3 is 2.53 bits per heavy atom. The van der Waals surface area contributed by atoms with Crippen molar-refractivity contribution in [2.24, 2.45) is 0 Å². The smallest absolute Gasteiger partial charge is 0.356 e. The number of phosphoric acid groups is 1. The molecule has 0 aliphatic rings. The second kappa shape index (κ2) is 11.7. The fourth-order valence-electron chi connectivity index (χ4n) is 1.41. The van der Waals surface area contributed by atoms with Gasteiger partial charge in [0.25, 0.3) is 0 Å². The molecule has 0 heterocycles. The highest BCUT2D eigenvalue weighted by Gasteiger charge is 2.22. The molecule has 0 rings (SSSR count). The number of amides is 1. The van der Waals surface area contributed by atoms with E-state index in [0.717, 1.165) is 32.1 Å². The normalized spacial score (nSPS) is 14.1. The Labute approximate surface area is 120 Å². The molecule has 1 amide bonds. The summed E-state index contributed by atoms with van der Waals surface area (Å²) in [7, 11) is -2.21. The number of hydrogen-bond donors (Lipinski definition) is 2. The molecule has 0 aliphatic carbocycles. The maximum Gasteiger partial charge on any atom is 0.485 e. The zero-order valence-corrected chi connectivity index (χ0v) is 13.4. The van der Waals surface area contributed by atoms with Gasteiger partial charge in [-0.15, -0.1) is 0 Å². The lowest BCUT2D eigenvalue weighted by Gasteiger charge is -2.11. The van der Waals surface area contributed by atoms with E-state index in [9.17, 15) is 9.36 Å². The van der Waals surface area contributed by atoms with Crippen LogP contribution in [0, 0.1) is 0 Å². The summed E-state index contributed by atoms with van der Waals surface area (Å²) in [6.45, 7) is 2.98. The minimum absolute atomic E-state index is 0.109. The molecule has 8 heteroatoms. The van der Waals surface area contributed by atoms with Gasteiger partial charge in [-0.1, -0.05) is 19.8 Å². The Bertz CT molecular complexity index is 282. The first-order valence-corrected chi connectivity index (χ1v) is 8.30. The molecular formula is C11H24NO5PS. The molecular weight excluding hydrogens is 289 g/mol. The van der Waals surface area contributed by atoms with Gasteiger partial charge < -0.3 is 5.32 Å². The molecule has 1 N–H and O–H groups in total. The standard InChI is InChI=1S/C11H24NO5PS/c1-3-8-11(13)12-9-6-4-5-7-10-16-18(14,15-2)17-19/h19H,3-10H2,1-2H3,(H,12,13). The number of phosphoric ester groups is 1. The van der Waals surface area contributed by atoms with Crippen molar-refractivity contribution in [3.05, 3.63) is 0 Å². The van der Waals surface area contributed by atoms with Gasteiger partial charge in [-0.3, -0.25) is 13.8 Å². The highest BCUT2D eigenvalue weighted by atomic mass is 32.1. The average Bonchev–Trinajstić information content (AvgIpc) is 2.41. The summed E-state index contributed by atoms with van der Waals surface area (Å²) < 4.78 is 25.3. The summed E-state index contributed by atoms with van der Waals surface area (Å²) in [5.41, 5.74) is 0. The molecule has 0 aromatic carbocycles. The van der Waals surface area contributed by atoms with Gasteiger partial charge in [0.05, 0.1) is 6.61 Å². The van der Waals surface area contributed by atoms with E-state index in [2.05, 4.69) is 26.7 Å². The van der Waals surface area contributed by atoms with E-state index in [4.69, 9.17) is 4.52 Å². The molecule has 0 aliphatic heterocycles. The monoisotopic (exact) mass is 313 g/mol. The van der Waals surface area contributed by atoms with Crippen molar-refractivity contribution in [1.82, 2.24) is 5.32 Å². The lowest BCUT2D eigenvalue weighted by Crippen LogP contribution is -2.23. The quantitative estimate of drug-likeness (QED) is 0.251. The first-order valence-electron chi connectivity index (χ1n) is 6.48. The molecule has 0 bridgehead atoms. The lowest BCUT2D eigenvalue weighted by atomic mass is 10.2. The maximum atomic E-state index is 11.4. The van der Waals surface area contributed by atoms with E-state index in [1.807, 2.05) is 6.92 Å². The van der Waals surface area contributed by atoms with E-state index in [0.29, 0.717) is 19.6 Å². The van der Waals surface area contributed by atoms with Gasteiger partial charge in [0.15, 0.2) is 0 Å². The molecule has 19 heavy (non-hydrogen) atoms. The van der Waals surface area contributed by atoms with Gasteiger partial charge >= 0.3 is 7.82 Å². The van der Waals surface area contributed by atoms with Crippen molar-refractivity contribution in [3.8, 4) is 0 Å². The summed E-state index contributed by atoms with van der Waals surface area (Å²) in [6, 6.07) is 0. The summed E-state index contributed by atoms with van der Waals surface area (Å²) in [5.74, 6) is 0.109. The van der Waals surface area contributed by atoms with Crippen LogP contribution in [0.1, 0.15) is 45.4 Å². The third kappa shape index (κ3) is 10.4. The molecule has 0 fully saturated rings. The van der Waals surface area contributed by atoms with Gasteiger partial charge in [-0.2, -0.15) is 0 Å². The average molecular weight is 313 g/mol. The van der Waals surface area contributed by atoms with Crippen molar-refractivity contribution < 1.29 is 22.4 Å². The van der Waals surface area contributed by atoms with Crippen molar-refractivity contribution >= 4 is 26.6 Å². The lowest BCUT2D eigenvalue weighted by molar-refractivity contribution is -0.121. The minimum Gasteiger partial charge on any atom is -0.356 e. The highest BCUT2D eigenvalue weighted by Crippen LogP contribution is 2.49. The SMILES string of the molecule is CCCC(=O)NCCCCCCOP(=O)(OC)OS. The largest absolute Gasteiger partial charge is 0.485 e. The van der Waals surface area contributed by atoms with Crippen molar-refractivity contribution in [1.29, 1.82) is 0 Å². The zero-order valence-electron chi connectivity index (χ0n) is 11.6. The number of nitrogens with one attached hydrogen (secondary N) is 1. The van der Waals surface area contributed by atoms with Crippen LogP contribution in [0.3, 0.4) is 0 Å². The Kier molecular flexibility index (Phi) is 11.7. The van der Waals surface area contributed by atoms with Gasteiger partial charge in [0, 0.05) is 20.1 Å². The molecule has 0 aromatic heterocycles. The van der Waals surface area contributed by atoms with Gasteiger partial charge in [0.2, 0.25) is 5.91 Å². The zero-order chi connectivity index (χ0) is 14.6. The van der Waals surface area contributed by atoms with E-state index >= 15 is 0 Å². The summed E-state index contributed by atoms with van der Waals surface area (Å²) in [4.78, 5) is 11.2. The van der Waals surface area contributed by atoms with Crippen LogP contribution >= 0.6 is 20.7 Å². The highest BCUT2D eigenvalue weighted by molar-refractivity contribution is 7.80. The molecule has 0 saturated heterocycles. The first kappa shape index (κ1) is 18.9. The maximum absolute atomic E-state index is 11.4. The number of carbonyl (C=O) groups excluding carboxylic acids is 1. The van der Waals surface area contributed by atoms with Gasteiger partial charge in [0.1, 0.15) is 0 Å². The summed E-state index contributed by atoms with van der Waals surface area (Å²) in [5, 5.41) is 2.85. The predicted molar refractivity (Wildman–Crippen MR) is 77.0 cm³/mol. The topological polar surface area (TPSA) is 73.9 Å². The second-order valence-electron chi connectivity index (χ2n) is 4.06. The second-order valence-corrected chi connectivity index (χ2v) is 6.23. The number of unbranched alkanes of at least 4 members (excludes halogenated alkanes) is 3. The van der Waals surface area contributed by atoms with Crippen LogP contribution in [0.2, 0.25) is 0 Å². The van der Waals surface area contributed by atoms with Crippen LogP contribution in [-0.4, -0.2) is 26.2 Å². The minimum atomic E-state index is -3.46. The Morgan fingerprint density at radius 2 is 1.95 bits per heavy atom. The number of rotatable bonds is 12. The van der Waals surface area contributed by atoms with Crippen LogP contribution in [0.4, 0.5) is 0 Å². The third-order valence-electron chi connectivity index (χ3n) is 2.44. The molecule has 0 spiro atoms. The predicted octanol–water partition coefficient (Wildman–Crippen LogP) is 3.10. The number of hydrogen-bond acceptors (Lipinski definition) is 6. The molecule has 1 unspecified atom stereocenters. The number of thiol groups is 1. The van der Waals surface area contributed by atoms with E-state index < -0.39 is 7.82 Å². The van der Waals surface area contributed by atoms with Gasteiger partial charge in [-0.05, 0) is 32.2 Å². The molecule has 1 atom stereocenters. The van der Waals surface area contributed by atoms with Crippen LogP contribution in [0.5, 0.6) is 0 Å². The Balaban J connectivity index is 3.37. The molecule has 0 saturated carbocycles.